The number of benzene rings is 1. The molecular weight excluding hydrogens is 319 g/mol. The fourth-order valence-corrected chi connectivity index (χ4v) is 2.95. The van der Waals surface area contributed by atoms with Crippen molar-refractivity contribution in [3.05, 3.63) is 47.6 Å². The molecule has 0 N–H and O–H groups in total. The number of nitrogens with zero attached hydrogens (tertiary/aromatic N) is 4. The summed E-state index contributed by atoms with van der Waals surface area (Å²) in [4.78, 5) is 11.1. The van der Waals surface area contributed by atoms with Crippen molar-refractivity contribution in [3.63, 3.8) is 0 Å². The number of halogens is 2. The molecule has 1 fully saturated rings. The summed E-state index contributed by atoms with van der Waals surface area (Å²) in [6.07, 6.45) is 5.34. The van der Waals surface area contributed by atoms with E-state index in [1.807, 2.05) is 10.6 Å². The zero-order valence-electron chi connectivity index (χ0n) is 12.2. The molecule has 4 rings (SSSR count). The van der Waals surface area contributed by atoms with Crippen LogP contribution in [0.1, 0.15) is 0 Å². The summed E-state index contributed by atoms with van der Waals surface area (Å²) >= 11 is 5.90. The summed E-state index contributed by atoms with van der Waals surface area (Å²) in [6.45, 7) is 2.95. The Bertz CT molecular complexity index is 860. The maximum Gasteiger partial charge on any atom is 0.180 e. The largest absolute Gasteiger partial charge is 0.378 e. The normalized spacial score (nSPS) is 15.3. The van der Waals surface area contributed by atoms with Crippen LogP contribution in [0.4, 0.5) is 10.2 Å². The van der Waals surface area contributed by atoms with E-state index in [2.05, 4.69) is 14.9 Å². The van der Waals surface area contributed by atoms with Gasteiger partial charge in [-0.15, -0.1) is 0 Å². The molecule has 118 valence electrons. The van der Waals surface area contributed by atoms with Gasteiger partial charge in [0.25, 0.3) is 0 Å². The number of ether oxygens (including phenoxy) is 1. The van der Waals surface area contributed by atoms with Crippen molar-refractivity contribution in [2.75, 3.05) is 31.2 Å². The minimum atomic E-state index is -0.431. The summed E-state index contributed by atoms with van der Waals surface area (Å²) in [7, 11) is 0. The molecular formula is C16H14ClFN4O. The molecule has 0 bridgehead atoms. The SMILES string of the molecule is Fc1ccc(-c2cnc3c(N4CCOCC4)nccn23)cc1Cl. The highest BCUT2D eigenvalue weighted by Gasteiger charge is 2.18. The van der Waals surface area contributed by atoms with Gasteiger partial charge in [0, 0.05) is 31.0 Å². The number of hydrogen-bond acceptors (Lipinski definition) is 4. The summed E-state index contributed by atoms with van der Waals surface area (Å²) in [5, 5.41) is 0.0971. The Morgan fingerprint density at radius 3 is 2.78 bits per heavy atom. The second-order valence-electron chi connectivity index (χ2n) is 5.32. The van der Waals surface area contributed by atoms with E-state index >= 15 is 0 Å². The number of rotatable bonds is 2. The third-order valence-corrected chi connectivity index (χ3v) is 4.23. The molecule has 1 aliphatic heterocycles. The smallest absolute Gasteiger partial charge is 0.180 e. The van der Waals surface area contributed by atoms with Crippen LogP contribution < -0.4 is 4.90 Å². The van der Waals surface area contributed by atoms with Gasteiger partial charge in [-0.2, -0.15) is 0 Å². The van der Waals surface area contributed by atoms with E-state index in [9.17, 15) is 4.39 Å². The van der Waals surface area contributed by atoms with E-state index < -0.39 is 5.82 Å². The van der Waals surface area contributed by atoms with E-state index in [0.29, 0.717) is 13.2 Å². The molecule has 1 saturated heterocycles. The number of imidazole rings is 1. The highest BCUT2D eigenvalue weighted by Crippen LogP contribution is 2.28. The minimum Gasteiger partial charge on any atom is -0.378 e. The van der Waals surface area contributed by atoms with Crippen LogP contribution in [0, 0.1) is 5.82 Å². The fraction of sp³-hybridized carbons (Fsp3) is 0.250. The van der Waals surface area contributed by atoms with Crippen molar-refractivity contribution in [1.29, 1.82) is 0 Å². The summed E-state index contributed by atoms with van der Waals surface area (Å²) in [5.41, 5.74) is 2.42. The zero-order chi connectivity index (χ0) is 15.8. The topological polar surface area (TPSA) is 42.7 Å². The van der Waals surface area contributed by atoms with Gasteiger partial charge < -0.3 is 9.64 Å². The molecule has 0 unspecified atom stereocenters. The number of anilines is 1. The van der Waals surface area contributed by atoms with Crippen LogP contribution in [0.15, 0.2) is 36.8 Å². The molecule has 1 aromatic carbocycles. The maximum absolute atomic E-state index is 13.4. The molecule has 2 aromatic heterocycles. The Morgan fingerprint density at radius 1 is 1.17 bits per heavy atom. The first-order chi connectivity index (χ1) is 11.2. The van der Waals surface area contributed by atoms with Gasteiger partial charge in [0.15, 0.2) is 11.5 Å². The number of fused-ring (bicyclic) bond motifs is 1. The van der Waals surface area contributed by atoms with E-state index in [-0.39, 0.29) is 5.02 Å². The quantitative estimate of drug-likeness (QED) is 0.723. The lowest BCUT2D eigenvalue weighted by molar-refractivity contribution is 0.122. The lowest BCUT2D eigenvalue weighted by atomic mass is 10.1. The molecule has 1 aliphatic rings. The highest BCUT2D eigenvalue weighted by molar-refractivity contribution is 6.31. The molecule has 3 heterocycles. The van der Waals surface area contributed by atoms with Gasteiger partial charge in [0.1, 0.15) is 5.82 Å². The number of hydrogen-bond donors (Lipinski definition) is 0. The molecule has 3 aromatic rings. The van der Waals surface area contributed by atoms with Gasteiger partial charge in [-0.25, -0.2) is 14.4 Å². The summed E-state index contributed by atoms with van der Waals surface area (Å²) in [6, 6.07) is 4.66. The first-order valence-electron chi connectivity index (χ1n) is 7.34. The van der Waals surface area contributed by atoms with Gasteiger partial charge in [-0.1, -0.05) is 11.6 Å². The molecule has 0 aliphatic carbocycles. The predicted molar refractivity (Wildman–Crippen MR) is 86.4 cm³/mol. The van der Waals surface area contributed by atoms with Crippen molar-refractivity contribution >= 4 is 23.1 Å². The van der Waals surface area contributed by atoms with Gasteiger partial charge in [-0.05, 0) is 18.2 Å². The Labute approximate surface area is 137 Å². The van der Waals surface area contributed by atoms with Crippen LogP contribution in [0.25, 0.3) is 16.9 Å². The molecule has 5 nitrogen and oxygen atoms in total. The van der Waals surface area contributed by atoms with E-state index in [1.165, 1.54) is 6.07 Å². The van der Waals surface area contributed by atoms with Crippen LogP contribution in [0.5, 0.6) is 0 Å². The summed E-state index contributed by atoms with van der Waals surface area (Å²) in [5.74, 6) is 0.398. The van der Waals surface area contributed by atoms with Crippen LogP contribution in [0.2, 0.25) is 5.02 Å². The first kappa shape index (κ1) is 14.4. The van der Waals surface area contributed by atoms with E-state index in [0.717, 1.165) is 35.8 Å². The van der Waals surface area contributed by atoms with E-state index in [1.54, 1.807) is 24.5 Å². The molecule has 0 saturated carbocycles. The standard InChI is InChI=1S/C16H14ClFN4O/c17-12-9-11(1-2-13(12)18)14-10-20-16-15(19-3-4-22(14)16)21-5-7-23-8-6-21/h1-4,9-10H,5-8H2. The van der Waals surface area contributed by atoms with Gasteiger partial charge >= 0.3 is 0 Å². The monoisotopic (exact) mass is 332 g/mol. The third kappa shape index (κ3) is 2.54. The Hall–Kier alpha value is -2.18. The highest BCUT2D eigenvalue weighted by atomic mass is 35.5. The molecule has 7 heteroatoms. The van der Waals surface area contributed by atoms with Crippen LogP contribution >= 0.6 is 11.6 Å². The van der Waals surface area contributed by atoms with Gasteiger partial charge in [-0.3, -0.25) is 4.40 Å². The van der Waals surface area contributed by atoms with Crippen molar-refractivity contribution in [1.82, 2.24) is 14.4 Å². The van der Waals surface area contributed by atoms with Crippen molar-refractivity contribution < 1.29 is 9.13 Å². The zero-order valence-corrected chi connectivity index (χ0v) is 13.0. The van der Waals surface area contributed by atoms with E-state index in [4.69, 9.17) is 16.3 Å². The average Bonchev–Trinajstić information content (AvgIpc) is 3.02. The summed E-state index contributed by atoms with van der Waals surface area (Å²) < 4.78 is 20.7. The average molecular weight is 333 g/mol. The third-order valence-electron chi connectivity index (χ3n) is 3.94. The van der Waals surface area contributed by atoms with Crippen LogP contribution in [-0.2, 0) is 4.74 Å². The fourth-order valence-electron chi connectivity index (χ4n) is 2.77. The maximum atomic E-state index is 13.4. The lowest BCUT2D eigenvalue weighted by Crippen LogP contribution is -2.37. The Morgan fingerprint density at radius 2 is 2.00 bits per heavy atom. The van der Waals surface area contributed by atoms with Crippen molar-refractivity contribution in [2.24, 2.45) is 0 Å². The molecule has 0 spiro atoms. The van der Waals surface area contributed by atoms with Gasteiger partial charge in [0.05, 0.1) is 30.1 Å². The first-order valence-corrected chi connectivity index (χ1v) is 7.72. The van der Waals surface area contributed by atoms with Crippen LogP contribution in [0.3, 0.4) is 0 Å². The second-order valence-corrected chi connectivity index (χ2v) is 5.72. The molecule has 23 heavy (non-hydrogen) atoms. The molecule has 0 atom stereocenters. The van der Waals surface area contributed by atoms with Crippen molar-refractivity contribution in [2.45, 2.75) is 0 Å². The lowest BCUT2D eigenvalue weighted by Gasteiger charge is -2.27. The van der Waals surface area contributed by atoms with Gasteiger partial charge in [0.2, 0.25) is 0 Å². The Kier molecular flexibility index (Phi) is 3.63. The van der Waals surface area contributed by atoms with Crippen LogP contribution in [-0.4, -0.2) is 40.7 Å². The minimum absolute atomic E-state index is 0.0971. The Balaban J connectivity index is 1.82. The second kappa shape index (κ2) is 5.79. The number of morpholine rings is 1. The number of aromatic nitrogens is 3. The molecule has 0 amide bonds. The molecule has 0 radical (unpaired) electrons. The van der Waals surface area contributed by atoms with Crippen molar-refractivity contribution in [3.8, 4) is 11.3 Å². The predicted octanol–water partition coefficient (Wildman–Crippen LogP) is 3.03.